The Morgan fingerprint density at radius 3 is 2.80 bits per heavy atom. The van der Waals surface area contributed by atoms with Gasteiger partial charge in [-0.15, -0.1) is 0 Å². The Morgan fingerprint density at radius 1 is 1.40 bits per heavy atom. The second kappa shape index (κ2) is 6.18. The molecule has 1 aromatic carbocycles. The van der Waals surface area contributed by atoms with Crippen LogP contribution in [-0.2, 0) is 13.6 Å². The van der Waals surface area contributed by atoms with E-state index >= 15 is 0 Å². The van der Waals surface area contributed by atoms with E-state index in [9.17, 15) is 0 Å². The number of benzene rings is 1. The molecule has 1 aromatic heterocycles. The van der Waals surface area contributed by atoms with Crippen LogP contribution in [0.1, 0.15) is 31.0 Å². The lowest BCUT2D eigenvalue weighted by Gasteiger charge is -2.10. The number of nitrogens with one attached hydrogen (secondary N) is 1. The van der Waals surface area contributed by atoms with Crippen molar-refractivity contribution in [2.24, 2.45) is 7.05 Å². The summed E-state index contributed by atoms with van der Waals surface area (Å²) in [5.74, 6) is 1.17. The van der Waals surface area contributed by atoms with Crippen molar-refractivity contribution in [1.29, 1.82) is 0 Å². The predicted octanol–water partition coefficient (Wildman–Crippen LogP) is 3.82. The van der Waals surface area contributed by atoms with Crippen LogP contribution in [0.25, 0.3) is 0 Å². The Labute approximate surface area is 124 Å². The van der Waals surface area contributed by atoms with Gasteiger partial charge in [0.25, 0.3) is 0 Å². The lowest BCUT2D eigenvalue weighted by atomic mass is 10.1. The van der Waals surface area contributed by atoms with E-state index < -0.39 is 0 Å². The van der Waals surface area contributed by atoms with Gasteiger partial charge in [-0.1, -0.05) is 31.5 Å². The summed E-state index contributed by atoms with van der Waals surface area (Å²) in [6.07, 6.45) is 0. The molecule has 0 unspecified atom stereocenters. The highest BCUT2D eigenvalue weighted by Gasteiger charge is 2.16. The molecule has 2 rings (SSSR count). The minimum Gasteiger partial charge on any atom is -0.497 e. The van der Waals surface area contributed by atoms with E-state index in [2.05, 4.69) is 24.3 Å². The molecule has 0 radical (unpaired) electrons. The molecule has 0 spiro atoms. The van der Waals surface area contributed by atoms with Crippen molar-refractivity contribution in [3.8, 4) is 5.75 Å². The van der Waals surface area contributed by atoms with E-state index in [-0.39, 0.29) is 0 Å². The maximum atomic E-state index is 6.32. The van der Waals surface area contributed by atoms with Crippen LogP contribution in [0.3, 0.4) is 0 Å². The lowest BCUT2D eigenvalue weighted by molar-refractivity contribution is 0.415. The first kappa shape index (κ1) is 14.7. The molecule has 20 heavy (non-hydrogen) atoms. The normalized spacial score (nSPS) is 10.9. The zero-order valence-corrected chi connectivity index (χ0v) is 13.0. The number of nitrogens with zero attached hydrogens (tertiary/aromatic N) is 2. The number of hydrogen-bond acceptors (Lipinski definition) is 3. The van der Waals surface area contributed by atoms with Gasteiger partial charge in [0.1, 0.15) is 10.9 Å². The first-order valence-electron chi connectivity index (χ1n) is 6.62. The van der Waals surface area contributed by atoms with Crippen molar-refractivity contribution in [1.82, 2.24) is 9.78 Å². The number of rotatable bonds is 5. The van der Waals surface area contributed by atoms with Gasteiger partial charge < -0.3 is 10.1 Å². The molecule has 5 heteroatoms. The molecule has 0 atom stereocenters. The third-order valence-electron chi connectivity index (χ3n) is 3.19. The zero-order chi connectivity index (χ0) is 14.7. The van der Waals surface area contributed by atoms with Crippen LogP contribution < -0.4 is 10.1 Å². The highest BCUT2D eigenvalue weighted by atomic mass is 35.5. The van der Waals surface area contributed by atoms with E-state index in [0.29, 0.717) is 17.6 Å². The second-order valence-electron chi connectivity index (χ2n) is 5.02. The number of aromatic nitrogens is 2. The summed E-state index contributed by atoms with van der Waals surface area (Å²) in [6, 6.07) is 7.83. The standard InChI is InChI=1S/C15H20ClN3O/c1-10(2)14-13(15(16)19(3)18-14)9-17-11-6-5-7-12(8-11)20-4/h5-8,10,17H,9H2,1-4H3. The summed E-state index contributed by atoms with van der Waals surface area (Å²) in [7, 11) is 3.53. The largest absolute Gasteiger partial charge is 0.497 e. The minimum absolute atomic E-state index is 0.343. The topological polar surface area (TPSA) is 39.1 Å². The van der Waals surface area contributed by atoms with Crippen molar-refractivity contribution in [2.45, 2.75) is 26.3 Å². The summed E-state index contributed by atoms with van der Waals surface area (Å²) >= 11 is 6.32. The van der Waals surface area contributed by atoms with Crippen molar-refractivity contribution in [2.75, 3.05) is 12.4 Å². The number of anilines is 1. The number of halogens is 1. The van der Waals surface area contributed by atoms with Gasteiger partial charge in [0.2, 0.25) is 0 Å². The maximum Gasteiger partial charge on any atom is 0.131 e. The first-order valence-corrected chi connectivity index (χ1v) is 7.00. The zero-order valence-electron chi connectivity index (χ0n) is 12.3. The molecule has 0 saturated heterocycles. The average molecular weight is 294 g/mol. The Bertz CT molecular complexity index is 593. The van der Waals surface area contributed by atoms with Crippen LogP contribution in [-0.4, -0.2) is 16.9 Å². The summed E-state index contributed by atoms with van der Waals surface area (Å²) in [4.78, 5) is 0. The fourth-order valence-corrected chi connectivity index (χ4v) is 2.32. The number of hydrogen-bond donors (Lipinski definition) is 1. The van der Waals surface area contributed by atoms with E-state index in [1.54, 1.807) is 11.8 Å². The molecule has 0 fully saturated rings. The van der Waals surface area contributed by atoms with Crippen molar-refractivity contribution >= 4 is 17.3 Å². The Kier molecular flexibility index (Phi) is 4.55. The summed E-state index contributed by atoms with van der Waals surface area (Å²) < 4.78 is 6.94. The highest BCUT2D eigenvalue weighted by molar-refractivity contribution is 6.30. The fourth-order valence-electron chi connectivity index (χ4n) is 2.12. The molecule has 4 nitrogen and oxygen atoms in total. The molecular formula is C15H20ClN3O. The minimum atomic E-state index is 0.343. The van der Waals surface area contributed by atoms with Gasteiger partial charge >= 0.3 is 0 Å². The molecule has 0 amide bonds. The van der Waals surface area contributed by atoms with E-state index in [1.807, 2.05) is 31.3 Å². The predicted molar refractivity (Wildman–Crippen MR) is 82.6 cm³/mol. The quantitative estimate of drug-likeness (QED) is 0.911. The molecule has 0 saturated carbocycles. The SMILES string of the molecule is COc1cccc(NCc2c(C(C)C)nn(C)c2Cl)c1. The van der Waals surface area contributed by atoms with Crippen molar-refractivity contribution < 1.29 is 4.74 Å². The van der Waals surface area contributed by atoms with Crippen LogP contribution in [0.15, 0.2) is 24.3 Å². The van der Waals surface area contributed by atoms with Crippen LogP contribution in [0.5, 0.6) is 5.75 Å². The smallest absolute Gasteiger partial charge is 0.131 e. The van der Waals surface area contributed by atoms with Crippen LogP contribution in [0.2, 0.25) is 5.15 Å². The Morgan fingerprint density at radius 2 is 2.15 bits per heavy atom. The molecule has 0 aliphatic carbocycles. The van der Waals surface area contributed by atoms with Gasteiger partial charge in [0.05, 0.1) is 12.8 Å². The molecule has 0 bridgehead atoms. The third kappa shape index (κ3) is 3.07. The van der Waals surface area contributed by atoms with Crippen LogP contribution in [0.4, 0.5) is 5.69 Å². The van der Waals surface area contributed by atoms with E-state index in [1.165, 1.54) is 0 Å². The molecule has 0 aliphatic heterocycles. The van der Waals surface area contributed by atoms with E-state index in [0.717, 1.165) is 22.7 Å². The molecule has 2 aromatic rings. The fraction of sp³-hybridized carbons (Fsp3) is 0.400. The Hall–Kier alpha value is -1.68. The molecule has 108 valence electrons. The average Bonchev–Trinajstić information content (AvgIpc) is 2.73. The number of ether oxygens (including phenoxy) is 1. The Balaban J connectivity index is 2.18. The summed E-state index contributed by atoms with van der Waals surface area (Å²) in [5.41, 5.74) is 3.08. The monoisotopic (exact) mass is 293 g/mol. The van der Waals surface area contributed by atoms with Gasteiger partial charge in [0, 0.05) is 30.9 Å². The van der Waals surface area contributed by atoms with Gasteiger partial charge in [-0.3, -0.25) is 4.68 Å². The molecule has 1 N–H and O–H groups in total. The van der Waals surface area contributed by atoms with Gasteiger partial charge in [0.15, 0.2) is 0 Å². The van der Waals surface area contributed by atoms with Gasteiger partial charge in [-0.2, -0.15) is 5.10 Å². The maximum absolute atomic E-state index is 6.32. The van der Waals surface area contributed by atoms with Crippen LogP contribution in [0, 0.1) is 0 Å². The van der Waals surface area contributed by atoms with Crippen molar-refractivity contribution in [3.05, 3.63) is 40.7 Å². The summed E-state index contributed by atoms with van der Waals surface area (Å²) in [6.45, 7) is 4.88. The van der Waals surface area contributed by atoms with E-state index in [4.69, 9.17) is 16.3 Å². The van der Waals surface area contributed by atoms with Gasteiger partial charge in [-0.05, 0) is 18.1 Å². The molecule has 1 heterocycles. The highest BCUT2D eigenvalue weighted by Crippen LogP contribution is 2.26. The first-order chi connectivity index (χ1) is 9.52. The third-order valence-corrected chi connectivity index (χ3v) is 3.66. The van der Waals surface area contributed by atoms with Gasteiger partial charge in [-0.25, -0.2) is 0 Å². The molecular weight excluding hydrogens is 274 g/mol. The lowest BCUT2D eigenvalue weighted by Crippen LogP contribution is -2.03. The van der Waals surface area contributed by atoms with Crippen LogP contribution >= 0.6 is 11.6 Å². The number of aryl methyl sites for hydroxylation is 1. The second-order valence-corrected chi connectivity index (χ2v) is 5.38. The molecule has 0 aliphatic rings. The number of methoxy groups -OCH3 is 1. The van der Waals surface area contributed by atoms with Crippen molar-refractivity contribution in [3.63, 3.8) is 0 Å². The summed E-state index contributed by atoms with van der Waals surface area (Å²) in [5, 5.41) is 8.53.